The van der Waals surface area contributed by atoms with Crippen LogP contribution in [0.5, 0.6) is 11.5 Å². The van der Waals surface area contributed by atoms with Crippen molar-refractivity contribution in [3.05, 3.63) is 77.1 Å². The topological polar surface area (TPSA) is 105 Å². The van der Waals surface area contributed by atoms with E-state index in [2.05, 4.69) is 33.6 Å². The molecule has 3 heterocycles. The lowest BCUT2D eigenvalue weighted by atomic mass is 10.1. The maximum atomic E-state index is 12.9. The van der Waals surface area contributed by atoms with Gasteiger partial charge in [0.05, 0.1) is 11.3 Å². The summed E-state index contributed by atoms with van der Waals surface area (Å²) in [5.74, 6) is 0.907. The summed E-state index contributed by atoms with van der Waals surface area (Å²) in [6.45, 7) is 4.70. The molecule has 35 heavy (non-hydrogen) atoms. The van der Waals surface area contributed by atoms with Gasteiger partial charge in [0.1, 0.15) is 5.03 Å². The Kier molecular flexibility index (Phi) is 6.33. The number of ether oxygens (including phenoxy) is 2. The Morgan fingerprint density at radius 3 is 2.83 bits per heavy atom. The number of anilines is 1. The maximum absolute atomic E-state index is 12.9. The molecule has 0 radical (unpaired) electrons. The van der Waals surface area contributed by atoms with Crippen LogP contribution >= 0.6 is 11.8 Å². The van der Waals surface area contributed by atoms with E-state index in [1.165, 1.54) is 17.3 Å². The average Bonchev–Trinajstić information content (AvgIpc) is 3.45. The van der Waals surface area contributed by atoms with Crippen LogP contribution in [-0.2, 0) is 11.3 Å². The second kappa shape index (κ2) is 9.71. The van der Waals surface area contributed by atoms with Crippen LogP contribution in [0.3, 0.4) is 0 Å². The van der Waals surface area contributed by atoms with Crippen molar-refractivity contribution < 1.29 is 19.1 Å². The van der Waals surface area contributed by atoms with Crippen molar-refractivity contribution in [2.45, 2.75) is 25.4 Å². The number of carbonyl (C=O) groups excluding carboxylic acids is 2. The first-order chi connectivity index (χ1) is 17.0. The van der Waals surface area contributed by atoms with E-state index in [-0.39, 0.29) is 24.4 Å². The summed E-state index contributed by atoms with van der Waals surface area (Å²) in [4.78, 5) is 33.1. The SMILES string of the molecule is Cc1[nH]c2ccc(CNC(=O)c3cccnc3SCC(=O)Nc3ccc4c(c3)OCO4)cc2c1C. The fraction of sp³-hybridized carbons (Fsp3) is 0.192. The van der Waals surface area contributed by atoms with E-state index < -0.39 is 0 Å². The molecular formula is C26H24N4O4S. The van der Waals surface area contributed by atoms with Gasteiger partial charge in [0.25, 0.3) is 5.91 Å². The summed E-state index contributed by atoms with van der Waals surface area (Å²) in [7, 11) is 0. The van der Waals surface area contributed by atoms with E-state index in [0.717, 1.165) is 22.2 Å². The zero-order valence-electron chi connectivity index (χ0n) is 19.3. The lowest BCUT2D eigenvalue weighted by Gasteiger charge is -2.10. The molecule has 0 spiro atoms. The van der Waals surface area contributed by atoms with Crippen LogP contribution in [0.4, 0.5) is 5.69 Å². The number of fused-ring (bicyclic) bond motifs is 2. The van der Waals surface area contributed by atoms with Crippen molar-refractivity contribution >= 4 is 40.2 Å². The second-order valence-corrected chi connectivity index (χ2v) is 9.16. The van der Waals surface area contributed by atoms with Crippen LogP contribution in [0.25, 0.3) is 10.9 Å². The van der Waals surface area contributed by atoms with Crippen molar-refractivity contribution in [3.63, 3.8) is 0 Å². The van der Waals surface area contributed by atoms with Crippen LogP contribution in [-0.4, -0.2) is 34.3 Å². The molecule has 0 atom stereocenters. The van der Waals surface area contributed by atoms with Crippen LogP contribution in [0.1, 0.15) is 27.2 Å². The normalized spacial score (nSPS) is 12.1. The van der Waals surface area contributed by atoms with Gasteiger partial charge < -0.3 is 25.1 Å². The highest BCUT2D eigenvalue weighted by molar-refractivity contribution is 8.00. The Morgan fingerprint density at radius 1 is 1.09 bits per heavy atom. The summed E-state index contributed by atoms with van der Waals surface area (Å²) >= 11 is 1.21. The van der Waals surface area contributed by atoms with Crippen molar-refractivity contribution in [1.82, 2.24) is 15.3 Å². The van der Waals surface area contributed by atoms with Crippen LogP contribution in [0, 0.1) is 13.8 Å². The third kappa shape index (κ3) is 4.95. The molecule has 0 unspecified atom stereocenters. The zero-order valence-corrected chi connectivity index (χ0v) is 20.1. The highest BCUT2D eigenvalue weighted by Gasteiger charge is 2.16. The highest BCUT2D eigenvalue weighted by atomic mass is 32.2. The van der Waals surface area contributed by atoms with Gasteiger partial charge in [0.2, 0.25) is 12.7 Å². The van der Waals surface area contributed by atoms with Gasteiger partial charge in [-0.1, -0.05) is 17.8 Å². The van der Waals surface area contributed by atoms with Gasteiger partial charge in [-0.25, -0.2) is 4.98 Å². The van der Waals surface area contributed by atoms with Gasteiger partial charge in [-0.05, 0) is 61.4 Å². The van der Waals surface area contributed by atoms with Crippen molar-refractivity contribution in [2.75, 3.05) is 17.9 Å². The number of rotatable bonds is 7. The number of nitrogens with one attached hydrogen (secondary N) is 3. The Morgan fingerprint density at radius 2 is 1.94 bits per heavy atom. The van der Waals surface area contributed by atoms with Gasteiger partial charge >= 0.3 is 0 Å². The minimum atomic E-state index is -0.237. The average molecular weight is 489 g/mol. The summed E-state index contributed by atoms with van der Waals surface area (Å²) in [6.07, 6.45) is 1.61. The van der Waals surface area contributed by atoms with Gasteiger partial charge in [0.15, 0.2) is 11.5 Å². The van der Waals surface area contributed by atoms with Crippen molar-refractivity contribution in [3.8, 4) is 11.5 Å². The number of hydrogen-bond acceptors (Lipinski definition) is 6. The van der Waals surface area contributed by atoms with E-state index in [9.17, 15) is 9.59 Å². The standard InChI is InChI=1S/C26H24N4O4S/c1-15-16(2)29-21-7-5-17(10-20(15)21)12-28-25(32)19-4-3-9-27-26(19)35-13-24(31)30-18-6-8-22-23(11-18)34-14-33-22/h3-11,29H,12-14H2,1-2H3,(H,28,32)(H,30,31). The molecule has 2 amide bonds. The molecule has 0 saturated carbocycles. The molecule has 178 valence electrons. The molecule has 0 saturated heterocycles. The van der Waals surface area contributed by atoms with E-state index in [1.54, 1.807) is 36.5 Å². The summed E-state index contributed by atoms with van der Waals surface area (Å²) in [5, 5.41) is 7.45. The first-order valence-corrected chi connectivity index (χ1v) is 12.1. The van der Waals surface area contributed by atoms with E-state index in [4.69, 9.17) is 9.47 Å². The van der Waals surface area contributed by atoms with E-state index in [1.807, 2.05) is 19.1 Å². The number of nitrogens with zero attached hydrogens (tertiary/aromatic N) is 1. The second-order valence-electron chi connectivity index (χ2n) is 8.20. The Hall–Kier alpha value is -3.98. The zero-order chi connectivity index (χ0) is 24.4. The number of benzene rings is 2. The number of amides is 2. The number of aromatic nitrogens is 2. The largest absolute Gasteiger partial charge is 0.454 e. The van der Waals surface area contributed by atoms with Crippen LogP contribution in [0.2, 0.25) is 0 Å². The molecule has 3 N–H and O–H groups in total. The molecule has 0 aliphatic carbocycles. The smallest absolute Gasteiger partial charge is 0.254 e. The summed E-state index contributed by atoms with van der Waals surface area (Å²) in [5.41, 5.74) is 5.49. The maximum Gasteiger partial charge on any atom is 0.254 e. The Balaban J connectivity index is 1.20. The van der Waals surface area contributed by atoms with Crippen LogP contribution in [0.15, 0.2) is 59.8 Å². The molecule has 0 fully saturated rings. The summed E-state index contributed by atoms with van der Waals surface area (Å²) < 4.78 is 10.6. The van der Waals surface area contributed by atoms with Gasteiger partial charge in [-0.15, -0.1) is 0 Å². The molecule has 2 aromatic heterocycles. The Labute approximate surface area is 206 Å². The lowest BCUT2D eigenvalue weighted by molar-refractivity contribution is -0.113. The minimum Gasteiger partial charge on any atom is -0.454 e. The third-order valence-corrected chi connectivity index (χ3v) is 6.84. The van der Waals surface area contributed by atoms with E-state index >= 15 is 0 Å². The number of aryl methyl sites for hydroxylation is 2. The minimum absolute atomic E-state index is 0.106. The highest BCUT2D eigenvalue weighted by Crippen LogP contribution is 2.34. The predicted octanol–water partition coefficient (Wildman–Crippen LogP) is 4.57. The molecule has 1 aliphatic heterocycles. The number of hydrogen-bond donors (Lipinski definition) is 3. The molecular weight excluding hydrogens is 464 g/mol. The van der Waals surface area contributed by atoms with Gasteiger partial charge in [0, 0.05) is 41.1 Å². The van der Waals surface area contributed by atoms with Crippen LogP contribution < -0.4 is 20.1 Å². The molecule has 0 bridgehead atoms. The van der Waals surface area contributed by atoms with Crippen molar-refractivity contribution in [2.24, 2.45) is 0 Å². The monoisotopic (exact) mass is 488 g/mol. The van der Waals surface area contributed by atoms with Crippen molar-refractivity contribution in [1.29, 1.82) is 0 Å². The summed E-state index contributed by atoms with van der Waals surface area (Å²) in [6, 6.07) is 14.8. The lowest BCUT2D eigenvalue weighted by Crippen LogP contribution is -2.24. The molecule has 9 heteroatoms. The fourth-order valence-electron chi connectivity index (χ4n) is 3.88. The number of H-pyrrole nitrogens is 1. The quantitative estimate of drug-likeness (QED) is 0.329. The first-order valence-electron chi connectivity index (χ1n) is 11.1. The predicted molar refractivity (Wildman–Crippen MR) is 135 cm³/mol. The number of carbonyl (C=O) groups is 2. The number of thioether (sulfide) groups is 1. The van der Waals surface area contributed by atoms with Gasteiger partial charge in [-0.3, -0.25) is 9.59 Å². The molecule has 2 aromatic carbocycles. The molecule has 5 rings (SSSR count). The number of aromatic amines is 1. The van der Waals surface area contributed by atoms with E-state index in [0.29, 0.717) is 34.3 Å². The fourth-order valence-corrected chi connectivity index (χ4v) is 4.67. The number of pyridine rings is 1. The molecule has 4 aromatic rings. The van der Waals surface area contributed by atoms with Gasteiger partial charge in [-0.2, -0.15) is 0 Å². The molecule has 1 aliphatic rings. The molecule has 8 nitrogen and oxygen atoms in total. The third-order valence-electron chi connectivity index (χ3n) is 5.84. The first kappa shape index (κ1) is 22.8. The Bertz CT molecular complexity index is 1430.